The first-order valence-corrected chi connectivity index (χ1v) is 10.3. The van der Waals surface area contributed by atoms with Crippen LogP contribution in [0, 0.1) is 18.3 Å². The lowest BCUT2D eigenvalue weighted by atomic mass is 9.67. The van der Waals surface area contributed by atoms with Crippen LogP contribution in [0.4, 0.5) is 4.79 Å². The Labute approximate surface area is 160 Å². The van der Waals surface area contributed by atoms with Crippen molar-refractivity contribution in [3.05, 3.63) is 42.0 Å². The summed E-state index contributed by atoms with van der Waals surface area (Å²) < 4.78 is 29.8. The number of hydrazone groups is 1. The van der Waals surface area contributed by atoms with E-state index in [9.17, 15) is 13.2 Å². The molecule has 4 rings (SSSR count). The van der Waals surface area contributed by atoms with E-state index in [1.807, 2.05) is 13.0 Å². The van der Waals surface area contributed by atoms with E-state index in [0.717, 1.165) is 12.0 Å². The Hall–Kier alpha value is -2.35. The monoisotopic (exact) mass is 391 g/mol. The van der Waals surface area contributed by atoms with Gasteiger partial charge in [-0.15, -0.1) is 0 Å². The van der Waals surface area contributed by atoms with E-state index < -0.39 is 10.0 Å². The first kappa shape index (κ1) is 19.4. The topological polar surface area (TPSA) is 88.1 Å². The quantitative estimate of drug-likeness (QED) is 0.486. The predicted octanol–water partition coefficient (Wildman–Crippen LogP) is 2.68. The van der Waals surface area contributed by atoms with Crippen LogP contribution in [0.15, 0.2) is 46.4 Å². The van der Waals surface area contributed by atoms with Gasteiger partial charge in [0.05, 0.1) is 18.0 Å². The molecule has 0 saturated carbocycles. The minimum absolute atomic E-state index is 0.0754. The van der Waals surface area contributed by atoms with Crippen molar-refractivity contribution in [1.82, 2.24) is 9.73 Å². The maximum absolute atomic E-state index is 12.5. The molecule has 2 heterocycles. The number of fused-ring (bicyclic) bond motifs is 2. The summed E-state index contributed by atoms with van der Waals surface area (Å²) >= 11 is 0. The van der Waals surface area contributed by atoms with Gasteiger partial charge in [-0.2, -0.15) is 13.5 Å². The third kappa shape index (κ3) is 3.85. The number of benzene rings is 1. The minimum Gasteiger partial charge on any atom is -0.453 e. The molecule has 1 aromatic carbocycles. The highest BCUT2D eigenvalue weighted by molar-refractivity contribution is 7.89. The summed E-state index contributed by atoms with van der Waals surface area (Å²) in [4.78, 5) is 16.3. The average molecular weight is 391 g/mol. The molecule has 3 atom stereocenters. The van der Waals surface area contributed by atoms with Gasteiger partial charge in [0, 0.05) is 23.6 Å². The SMILES string of the molecule is COC(=O)N1CC2(C)C=CC1C(/C(C)=N/NS(=O)(=O)c1ccc(C)cc1)C2. The standard InChI is InChI=1S/C19H25N3O4S/c1-13-5-7-15(8-6-13)27(24,25)21-20-14(2)16-11-19(3)10-9-17(16)22(12-19)18(23)26-4/h5-10,16-17,21H,11-12H2,1-4H3/b20-14+. The zero-order chi connectivity index (χ0) is 19.8. The largest absolute Gasteiger partial charge is 0.453 e. The fourth-order valence-corrected chi connectivity index (χ4v) is 4.64. The van der Waals surface area contributed by atoms with Crippen molar-refractivity contribution < 1.29 is 17.9 Å². The smallest absolute Gasteiger partial charge is 0.410 e. The van der Waals surface area contributed by atoms with Gasteiger partial charge in [0.2, 0.25) is 0 Å². The highest BCUT2D eigenvalue weighted by Crippen LogP contribution is 2.43. The van der Waals surface area contributed by atoms with Gasteiger partial charge in [-0.25, -0.2) is 9.63 Å². The van der Waals surface area contributed by atoms with Gasteiger partial charge >= 0.3 is 6.09 Å². The van der Waals surface area contributed by atoms with Gasteiger partial charge in [-0.3, -0.25) is 0 Å². The van der Waals surface area contributed by atoms with Gasteiger partial charge in [0.15, 0.2) is 0 Å². The summed E-state index contributed by atoms with van der Waals surface area (Å²) in [6.45, 7) is 6.34. The highest BCUT2D eigenvalue weighted by atomic mass is 32.2. The van der Waals surface area contributed by atoms with Crippen molar-refractivity contribution in [1.29, 1.82) is 0 Å². The molecular weight excluding hydrogens is 366 g/mol. The molecule has 3 aliphatic rings. The Morgan fingerprint density at radius 3 is 2.59 bits per heavy atom. The van der Waals surface area contributed by atoms with E-state index in [2.05, 4.69) is 22.9 Å². The number of carbonyl (C=O) groups excluding carboxylic acids is 1. The predicted molar refractivity (Wildman–Crippen MR) is 103 cm³/mol. The van der Waals surface area contributed by atoms with Crippen LogP contribution in [-0.4, -0.2) is 44.8 Å². The first-order chi connectivity index (χ1) is 12.6. The molecule has 7 nitrogen and oxygen atoms in total. The Bertz CT molecular complexity index is 892. The van der Waals surface area contributed by atoms with Crippen LogP contribution in [0.25, 0.3) is 0 Å². The second-order valence-corrected chi connectivity index (χ2v) is 9.23. The lowest BCUT2D eigenvalue weighted by Gasteiger charge is -2.50. The van der Waals surface area contributed by atoms with E-state index >= 15 is 0 Å². The number of piperidine rings is 1. The van der Waals surface area contributed by atoms with Crippen LogP contribution in [0.2, 0.25) is 0 Å². The molecule has 3 unspecified atom stereocenters. The summed E-state index contributed by atoms with van der Waals surface area (Å²) in [5, 5.41) is 4.15. The van der Waals surface area contributed by atoms with Crippen LogP contribution < -0.4 is 4.83 Å². The summed E-state index contributed by atoms with van der Waals surface area (Å²) in [6, 6.07) is 6.39. The lowest BCUT2D eigenvalue weighted by molar-refractivity contribution is 0.0476. The Morgan fingerprint density at radius 2 is 2.00 bits per heavy atom. The molecule has 0 spiro atoms. The molecule has 27 heavy (non-hydrogen) atoms. The van der Waals surface area contributed by atoms with Gasteiger partial charge in [-0.1, -0.05) is 36.8 Å². The van der Waals surface area contributed by atoms with E-state index in [-0.39, 0.29) is 28.4 Å². The van der Waals surface area contributed by atoms with Gasteiger partial charge in [-0.05, 0) is 32.4 Å². The fraction of sp³-hybridized carbons (Fsp3) is 0.474. The fourth-order valence-electron chi connectivity index (χ4n) is 3.77. The second kappa shape index (κ2) is 6.99. The van der Waals surface area contributed by atoms with E-state index in [4.69, 9.17) is 4.74 Å². The maximum Gasteiger partial charge on any atom is 0.410 e. The maximum atomic E-state index is 12.5. The molecule has 1 fully saturated rings. The number of rotatable bonds is 4. The van der Waals surface area contributed by atoms with Crippen molar-refractivity contribution in [2.24, 2.45) is 16.4 Å². The highest BCUT2D eigenvalue weighted by Gasteiger charge is 2.47. The number of carbonyl (C=O) groups is 1. The van der Waals surface area contributed by atoms with Crippen molar-refractivity contribution in [2.45, 2.75) is 38.1 Å². The molecule has 146 valence electrons. The first-order valence-electron chi connectivity index (χ1n) is 8.82. The van der Waals surface area contributed by atoms with Crippen molar-refractivity contribution in [2.75, 3.05) is 13.7 Å². The molecule has 0 radical (unpaired) electrons. The third-order valence-corrected chi connectivity index (χ3v) is 6.53. The summed E-state index contributed by atoms with van der Waals surface area (Å²) in [6.07, 6.45) is 4.52. The van der Waals surface area contributed by atoms with Gasteiger partial charge in [0.1, 0.15) is 0 Å². The number of nitrogens with one attached hydrogen (secondary N) is 1. The van der Waals surface area contributed by atoms with Crippen molar-refractivity contribution in [3.8, 4) is 0 Å². The van der Waals surface area contributed by atoms with E-state index in [0.29, 0.717) is 12.3 Å². The van der Waals surface area contributed by atoms with Crippen molar-refractivity contribution >= 4 is 21.8 Å². The molecule has 1 N–H and O–H groups in total. The van der Waals surface area contributed by atoms with Crippen LogP contribution >= 0.6 is 0 Å². The van der Waals surface area contributed by atoms with Crippen LogP contribution in [0.3, 0.4) is 0 Å². The summed E-state index contributed by atoms with van der Waals surface area (Å²) in [5.74, 6) is -0.0754. The number of amides is 1. The number of aryl methyl sites for hydroxylation is 1. The molecule has 1 saturated heterocycles. The van der Waals surface area contributed by atoms with E-state index in [1.54, 1.807) is 36.1 Å². The number of nitrogens with zero attached hydrogens (tertiary/aromatic N) is 2. The molecule has 1 aromatic rings. The molecular formula is C19H25N3O4S. The normalized spacial score (nSPS) is 27.6. The molecule has 1 amide bonds. The number of methoxy groups -OCH3 is 1. The molecule has 1 aliphatic carbocycles. The van der Waals surface area contributed by atoms with E-state index in [1.165, 1.54) is 7.11 Å². The van der Waals surface area contributed by atoms with Gasteiger partial charge in [0.25, 0.3) is 10.0 Å². The van der Waals surface area contributed by atoms with Crippen LogP contribution in [0.1, 0.15) is 25.8 Å². The molecule has 2 aliphatic heterocycles. The Balaban J connectivity index is 1.80. The summed E-state index contributed by atoms with van der Waals surface area (Å²) in [7, 11) is -2.37. The lowest BCUT2D eigenvalue weighted by Crippen LogP contribution is -2.58. The third-order valence-electron chi connectivity index (χ3n) is 5.30. The average Bonchev–Trinajstić information content (AvgIpc) is 2.65. The second-order valence-electron chi connectivity index (χ2n) is 7.57. The zero-order valence-corrected chi connectivity index (χ0v) is 16.8. The number of hydrogen-bond donors (Lipinski definition) is 1. The Morgan fingerprint density at radius 1 is 1.33 bits per heavy atom. The number of sulfonamides is 1. The molecule has 2 bridgehead atoms. The number of hydrogen-bond acceptors (Lipinski definition) is 5. The minimum atomic E-state index is -3.73. The zero-order valence-electron chi connectivity index (χ0n) is 16.0. The summed E-state index contributed by atoms with van der Waals surface area (Å²) in [5.41, 5.74) is 1.44. The number of ether oxygens (including phenoxy) is 1. The van der Waals surface area contributed by atoms with Crippen molar-refractivity contribution in [3.63, 3.8) is 0 Å². The van der Waals surface area contributed by atoms with Crippen LogP contribution in [0.5, 0.6) is 0 Å². The molecule has 8 heteroatoms. The molecule has 0 aromatic heterocycles. The van der Waals surface area contributed by atoms with Crippen LogP contribution in [-0.2, 0) is 14.8 Å². The Kier molecular flexibility index (Phi) is 5.03. The van der Waals surface area contributed by atoms with Gasteiger partial charge < -0.3 is 9.64 Å².